The van der Waals surface area contributed by atoms with Gasteiger partial charge in [0.25, 0.3) is 0 Å². The highest BCUT2D eigenvalue weighted by Crippen LogP contribution is 2.15. The molecule has 17 heavy (non-hydrogen) atoms. The number of piperidine rings is 1. The standard InChI is InChI=1S/C13H24N2O2/c1-4-15-9-6-12(7-10-15)14(3)8-5-11(2)13(16)17/h5,12H,4,6-10H2,1-3H3,(H,16,17). The van der Waals surface area contributed by atoms with Crippen LogP contribution in [-0.4, -0.2) is 60.1 Å². The van der Waals surface area contributed by atoms with E-state index >= 15 is 0 Å². The molecule has 98 valence electrons. The van der Waals surface area contributed by atoms with Crippen LogP contribution >= 0.6 is 0 Å². The summed E-state index contributed by atoms with van der Waals surface area (Å²) < 4.78 is 0. The lowest BCUT2D eigenvalue weighted by Gasteiger charge is -2.35. The summed E-state index contributed by atoms with van der Waals surface area (Å²) in [6.07, 6.45) is 4.17. The Morgan fingerprint density at radius 1 is 1.47 bits per heavy atom. The van der Waals surface area contributed by atoms with E-state index in [9.17, 15) is 4.79 Å². The predicted molar refractivity (Wildman–Crippen MR) is 69.2 cm³/mol. The third kappa shape index (κ3) is 4.48. The second-order valence-electron chi connectivity index (χ2n) is 4.80. The molecule has 1 saturated heterocycles. The molecule has 4 nitrogen and oxygen atoms in total. The van der Waals surface area contributed by atoms with E-state index in [0.29, 0.717) is 11.6 Å². The van der Waals surface area contributed by atoms with Crippen molar-refractivity contribution < 1.29 is 9.90 Å². The Balaban J connectivity index is 2.36. The van der Waals surface area contributed by atoms with Gasteiger partial charge >= 0.3 is 5.97 Å². The van der Waals surface area contributed by atoms with E-state index in [1.807, 2.05) is 0 Å². The molecule has 0 spiro atoms. The lowest BCUT2D eigenvalue weighted by atomic mass is 10.0. The zero-order valence-corrected chi connectivity index (χ0v) is 11.1. The maximum Gasteiger partial charge on any atom is 0.330 e. The molecule has 0 aromatic heterocycles. The van der Waals surface area contributed by atoms with Crippen LogP contribution in [0, 0.1) is 0 Å². The van der Waals surface area contributed by atoms with Gasteiger partial charge in [0, 0.05) is 18.2 Å². The molecule has 0 bridgehead atoms. The number of likely N-dealkylation sites (tertiary alicyclic amines) is 1. The van der Waals surface area contributed by atoms with Crippen LogP contribution in [0.4, 0.5) is 0 Å². The number of carbonyl (C=O) groups is 1. The van der Waals surface area contributed by atoms with E-state index in [0.717, 1.165) is 26.2 Å². The first-order chi connectivity index (χ1) is 8.04. The molecule has 1 N–H and O–H groups in total. The molecular formula is C13H24N2O2. The summed E-state index contributed by atoms with van der Waals surface area (Å²) in [7, 11) is 2.08. The average molecular weight is 240 g/mol. The highest BCUT2D eigenvalue weighted by atomic mass is 16.4. The van der Waals surface area contributed by atoms with Crippen molar-refractivity contribution in [3.8, 4) is 0 Å². The third-order valence-electron chi connectivity index (χ3n) is 3.65. The number of carboxylic acids is 1. The molecule has 1 aliphatic rings. The Morgan fingerprint density at radius 2 is 2.06 bits per heavy atom. The van der Waals surface area contributed by atoms with Gasteiger partial charge in [-0.05, 0) is 46.4 Å². The molecule has 0 amide bonds. The summed E-state index contributed by atoms with van der Waals surface area (Å²) in [5.41, 5.74) is 0.433. The summed E-state index contributed by atoms with van der Waals surface area (Å²) in [4.78, 5) is 15.4. The second kappa shape index (κ2) is 6.77. The van der Waals surface area contributed by atoms with Crippen molar-refractivity contribution in [2.24, 2.45) is 0 Å². The molecule has 4 heteroatoms. The summed E-state index contributed by atoms with van der Waals surface area (Å²) in [5.74, 6) is -0.820. The van der Waals surface area contributed by atoms with Crippen LogP contribution in [0.2, 0.25) is 0 Å². The van der Waals surface area contributed by atoms with Gasteiger partial charge in [-0.2, -0.15) is 0 Å². The summed E-state index contributed by atoms with van der Waals surface area (Å²) in [5, 5.41) is 8.78. The smallest absolute Gasteiger partial charge is 0.330 e. The van der Waals surface area contributed by atoms with Crippen LogP contribution in [0.25, 0.3) is 0 Å². The Bertz CT molecular complexity index is 281. The van der Waals surface area contributed by atoms with Gasteiger partial charge in [-0.25, -0.2) is 4.79 Å². The molecule has 1 heterocycles. The highest BCUT2D eigenvalue weighted by molar-refractivity contribution is 5.85. The van der Waals surface area contributed by atoms with Crippen molar-refractivity contribution in [1.82, 2.24) is 9.80 Å². The predicted octanol–water partition coefficient (Wildman–Crippen LogP) is 1.43. The quantitative estimate of drug-likeness (QED) is 0.738. The Morgan fingerprint density at radius 3 is 2.53 bits per heavy atom. The molecule has 1 aliphatic heterocycles. The summed E-state index contributed by atoms with van der Waals surface area (Å²) >= 11 is 0. The summed E-state index contributed by atoms with van der Waals surface area (Å²) in [6.45, 7) is 8.03. The molecule has 0 radical (unpaired) electrons. The Kier molecular flexibility index (Phi) is 5.65. The summed E-state index contributed by atoms with van der Waals surface area (Å²) in [6, 6.07) is 0.593. The van der Waals surface area contributed by atoms with E-state index in [1.165, 1.54) is 12.8 Å². The van der Waals surface area contributed by atoms with Crippen molar-refractivity contribution >= 4 is 5.97 Å². The number of hydrogen-bond donors (Lipinski definition) is 1. The molecule has 1 fully saturated rings. The number of aliphatic carboxylic acids is 1. The first kappa shape index (κ1) is 14.2. The van der Waals surface area contributed by atoms with Gasteiger partial charge in [0.2, 0.25) is 0 Å². The minimum atomic E-state index is -0.820. The van der Waals surface area contributed by atoms with Crippen LogP contribution in [0.1, 0.15) is 26.7 Å². The monoisotopic (exact) mass is 240 g/mol. The van der Waals surface area contributed by atoms with E-state index in [1.54, 1.807) is 13.0 Å². The minimum absolute atomic E-state index is 0.433. The maximum absolute atomic E-state index is 10.7. The zero-order valence-electron chi connectivity index (χ0n) is 11.1. The first-order valence-electron chi connectivity index (χ1n) is 6.37. The van der Waals surface area contributed by atoms with E-state index in [4.69, 9.17) is 5.11 Å². The maximum atomic E-state index is 10.7. The van der Waals surface area contributed by atoms with Crippen LogP contribution in [0.15, 0.2) is 11.6 Å². The second-order valence-corrected chi connectivity index (χ2v) is 4.80. The fourth-order valence-electron chi connectivity index (χ4n) is 2.19. The number of hydrogen-bond acceptors (Lipinski definition) is 3. The van der Waals surface area contributed by atoms with E-state index in [2.05, 4.69) is 23.8 Å². The third-order valence-corrected chi connectivity index (χ3v) is 3.65. The van der Waals surface area contributed by atoms with Gasteiger partial charge < -0.3 is 10.0 Å². The van der Waals surface area contributed by atoms with Crippen molar-refractivity contribution in [2.75, 3.05) is 33.2 Å². The lowest BCUT2D eigenvalue weighted by Crippen LogP contribution is -2.43. The van der Waals surface area contributed by atoms with E-state index < -0.39 is 5.97 Å². The normalized spacial score (nSPS) is 19.9. The molecule has 0 atom stereocenters. The van der Waals surface area contributed by atoms with Crippen LogP contribution < -0.4 is 0 Å². The Hall–Kier alpha value is -0.870. The SMILES string of the molecule is CCN1CCC(N(C)CC=C(C)C(=O)O)CC1. The van der Waals surface area contributed by atoms with Crippen LogP contribution in [0.5, 0.6) is 0 Å². The topological polar surface area (TPSA) is 43.8 Å². The van der Waals surface area contributed by atoms with Crippen molar-refractivity contribution in [3.05, 3.63) is 11.6 Å². The van der Waals surface area contributed by atoms with Crippen LogP contribution in [-0.2, 0) is 4.79 Å². The Labute approximate surface area is 104 Å². The van der Waals surface area contributed by atoms with Crippen LogP contribution in [0.3, 0.4) is 0 Å². The van der Waals surface area contributed by atoms with Gasteiger partial charge in [-0.1, -0.05) is 13.0 Å². The molecule has 0 saturated carbocycles. The van der Waals surface area contributed by atoms with Gasteiger partial charge in [0.15, 0.2) is 0 Å². The number of likely N-dealkylation sites (N-methyl/N-ethyl adjacent to an activating group) is 1. The van der Waals surface area contributed by atoms with Crippen molar-refractivity contribution in [2.45, 2.75) is 32.7 Å². The number of rotatable bonds is 5. The van der Waals surface area contributed by atoms with Crippen molar-refractivity contribution in [1.29, 1.82) is 0 Å². The fraction of sp³-hybridized carbons (Fsp3) is 0.769. The zero-order chi connectivity index (χ0) is 12.8. The number of nitrogens with zero attached hydrogens (tertiary/aromatic N) is 2. The van der Waals surface area contributed by atoms with Gasteiger partial charge in [0.05, 0.1) is 0 Å². The molecule has 0 unspecified atom stereocenters. The molecule has 0 aliphatic carbocycles. The first-order valence-corrected chi connectivity index (χ1v) is 6.37. The van der Waals surface area contributed by atoms with Gasteiger partial charge in [0.1, 0.15) is 0 Å². The highest BCUT2D eigenvalue weighted by Gasteiger charge is 2.20. The van der Waals surface area contributed by atoms with Crippen molar-refractivity contribution in [3.63, 3.8) is 0 Å². The lowest BCUT2D eigenvalue weighted by molar-refractivity contribution is -0.132. The minimum Gasteiger partial charge on any atom is -0.478 e. The largest absolute Gasteiger partial charge is 0.478 e. The average Bonchev–Trinajstić information content (AvgIpc) is 2.35. The van der Waals surface area contributed by atoms with E-state index in [-0.39, 0.29) is 0 Å². The van der Waals surface area contributed by atoms with Gasteiger partial charge in [-0.15, -0.1) is 0 Å². The number of carboxylic acid groups (broad SMARTS) is 1. The fourth-order valence-corrected chi connectivity index (χ4v) is 2.19. The molecule has 1 rings (SSSR count). The molecule has 0 aromatic carbocycles. The molecular weight excluding hydrogens is 216 g/mol. The van der Waals surface area contributed by atoms with Gasteiger partial charge in [-0.3, -0.25) is 4.90 Å². The molecule has 0 aromatic rings.